The number of pyridine rings is 2. The van der Waals surface area contributed by atoms with Gasteiger partial charge < -0.3 is 9.47 Å². The molecular formula is C16H17N5O4. The van der Waals surface area contributed by atoms with Crippen LogP contribution in [0.3, 0.4) is 0 Å². The zero-order valence-electron chi connectivity index (χ0n) is 14.3. The minimum Gasteiger partial charge on any atom is -0.465 e. The Bertz CT molecular complexity index is 1020. The maximum atomic E-state index is 12.9. The molecule has 3 rings (SSSR count). The first-order valence-electron chi connectivity index (χ1n) is 7.49. The molecule has 0 amide bonds. The largest absolute Gasteiger partial charge is 0.465 e. The molecule has 0 aliphatic heterocycles. The number of H-pyrrole nitrogens is 1. The summed E-state index contributed by atoms with van der Waals surface area (Å²) in [4.78, 5) is 33.6. The average Bonchev–Trinajstić information content (AvgIpc) is 3.03. The van der Waals surface area contributed by atoms with Crippen molar-refractivity contribution in [3.8, 4) is 5.95 Å². The predicted octanol–water partition coefficient (Wildman–Crippen LogP) is 1.05. The van der Waals surface area contributed by atoms with E-state index in [1.807, 2.05) is 0 Å². The molecule has 3 heterocycles. The Kier molecular flexibility index (Phi) is 4.32. The maximum absolute atomic E-state index is 12.9. The summed E-state index contributed by atoms with van der Waals surface area (Å²) >= 11 is 0. The number of fused-ring (bicyclic) bond motifs is 1. The van der Waals surface area contributed by atoms with Gasteiger partial charge in [-0.25, -0.2) is 4.79 Å². The van der Waals surface area contributed by atoms with Crippen LogP contribution in [0.15, 0.2) is 17.1 Å². The van der Waals surface area contributed by atoms with E-state index in [1.165, 1.54) is 25.0 Å². The smallest absolute Gasteiger partial charge is 0.340 e. The standard InChI is InChI=1S/C16H17N5O4/c1-8-12-10(13(9(2)17-8)15(23)25-4)5-6-21(14(12)22)16-18-11(7-24-3)19-20-16/h5-6H,7H2,1-4H3,(H,18,19,20). The number of methoxy groups -OCH3 is 2. The fraction of sp³-hybridized carbons (Fsp3) is 0.312. The SMILES string of the molecule is COCc1nc(-n2ccc3c(C(=O)OC)c(C)nc(C)c3c2=O)n[nH]1. The summed E-state index contributed by atoms with van der Waals surface area (Å²) in [6.07, 6.45) is 1.52. The Morgan fingerprint density at radius 2 is 2.00 bits per heavy atom. The van der Waals surface area contributed by atoms with Gasteiger partial charge in [0.1, 0.15) is 6.61 Å². The zero-order valence-corrected chi connectivity index (χ0v) is 14.3. The first-order chi connectivity index (χ1) is 12.0. The normalized spacial score (nSPS) is 11.0. The number of rotatable bonds is 4. The highest BCUT2D eigenvalue weighted by Crippen LogP contribution is 2.22. The van der Waals surface area contributed by atoms with Gasteiger partial charge in [-0.3, -0.25) is 19.4 Å². The summed E-state index contributed by atoms with van der Waals surface area (Å²) in [5, 5.41) is 7.55. The van der Waals surface area contributed by atoms with Crippen molar-refractivity contribution in [3.63, 3.8) is 0 Å². The highest BCUT2D eigenvalue weighted by Gasteiger charge is 2.20. The quantitative estimate of drug-likeness (QED) is 0.705. The highest BCUT2D eigenvalue weighted by atomic mass is 16.5. The van der Waals surface area contributed by atoms with Crippen LogP contribution in [-0.4, -0.2) is 44.9 Å². The van der Waals surface area contributed by atoms with Gasteiger partial charge in [-0.2, -0.15) is 4.98 Å². The molecule has 0 fully saturated rings. The molecule has 0 atom stereocenters. The van der Waals surface area contributed by atoms with Crippen molar-refractivity contribution in [3.05, 3.63) is 45.4 Å². The number of nitrogens with zero attached hydrogens (tertiary/aromatic N) is 4. The van der Waals surface area contributed by atoms with Crippen molar-refractivity contribution in [2.24, 2.45) is 0 Å². The van der Waals surface area contributed by atoms with E-state index in [4.69, 9.17) is 9.47 Å². The fourth-order valence-corrected chi connectivity index (χ4v) is 2.76. The van der Waals surface area contributed by atoms with E-state index in [9.17, 15) is 9.59 Å². The third kappa shape index (κ3) is 2.78. The minimum absolute atomic E-state index is 0.193. The van der Waals surface area contributed by atoms with E-state index < -0.39 is 5.97 Å². The van der Waals surface area contributed by atoms with Gasteiger partial charge in [-0.1, -0.05) is 0 Å². The predicted molar refractivity (Wildman–Crippen MR) is 88.8 cm³/mol. The van der Waals surface area contributed by atoms with E-state index in [0.29, 0.717) is 28.0 Å². The Balaban J connectivity index is 2.27. The molecule has 0 aliphatic rings. The second-order valence-corrected chi connectivity index (χ2v) is 5.44. The number of aromatic amines is 1. The zero-order chi connectivity index (χ0) is 18.1. The van der Waals surface area contributed by atoms with Crippen molar-refractivity contribution < 1.29 is 14.3 Å². The third-order valence-corrected chi connectivity index (χ3v) is 3.83. The van der Waals surface area contributed by atoms with Crippen LogP contribution in [0.1, 0.15) is 27.6 Å². The van der Waals surface area contributed by atoms with Crippen LogP contribution >= 0.6 is 0 Å². The lowest BCUT2D eigenvalue weighted by atomic mass is 10.0. The van der Waals surface area contributed by atoms with E-state index in [0.717, 1.165) is 0 Å². The Hall–Kier alpha value is -3.07. The first kappa shape index (κ1) is 16.8. The molecule has 0 aliphatic carbocycles. The number of carbonyl (C=O) groups excluding carboxylic acids is 1. The average molecular weight is 343 g/mol. The van der Waals surface area contributed by atoms with Crippen molar-refractivity contribution in [2.75, 3.05) is 14.2 Å². The summed E-state index contributed by atoms with van der Waals surface area (Å²) in [5.74, 6) is 0.157. The number of aromatic nitrogens is 5. The van der Waals surface area contributed by atoms with Crippen LogP contribution in [0, 0.1) is 13.8 Å². The van der Waals surface area contributed by atoms with E-state index in [2.05, 4.69) is 20.2 Å². The van der Waals surface area contributed by atoms with Gasteiger partial charge in [0.05, 0.1) is 29.4 Å². The number of nitrogens with one attached hydrogen (secondary N) is 1. The molecule has 3 aromatic heterocycles. The van der Waals surface area contributed by atoms with E-state index in [1.54, 1.807) is 19.9 Å². The van der Waals surface area contributed by atoms with Crippen molar-refractivity contribution >= 4 is 16.7 Å². The van der Waals surface area contributed by atoms with Crippen molar-refractivity contribution in [2.45, 2.75) is 20.5 Å². The molecule has 0 saturated carbocycles. The van der Waals surface area contributed by atoms with Crippen molar-refractivity contribution in [1.29, 1.82) is 0 Å². The fourth-order valence-electron chi connectivity index (χ4n) is 2.76. The number of carbonyl (C=O) groups is 1. The number of hydrogen-bond donors (Lipinski definition) is 1. The monoisotopic (exact) mass is 343 g/mol. The molecule has 9 heteroatoms. The van der Waals surface area contributed by atoms with Crippen LogP contribution in [-0.2, 0) is 16.1 Å². The second-order valence-electron chi connectivity index (χ2n) is 5.44. The van der Waals surface area contributed by atoms with Crippen molar-refractivity contribution in [1.82, 2.24) is 24.7 Å². The molecule has 3 aromatic rings. The number of ether oxygens (including phenoxy) is 2. The summed E-state index contributed by atoms with van der Waals surface area (Å²) in [6, 6.07) is 1.66. The molecule has 25 heavy (non-hydrogen) atoms. The van der Waals surface area contributed by atoms with Crippen LogP contribution in [0.4, 0.5) is 0 Å². The van der Waals surface area contributed by atoms with Gasteiger partial charge in [0.2, 0.25) is 0 Å². The Labute approximate surface area is 142 Å². The van der Waals surface area contributed by atoms with Gasteiger partial charge in [-0.05, 0) is 19.9 Å². The van der Waals surface area contributed by atoms with Crippen LogP contribution in [0.25, 0.3) is 16.7 Å². The molecule has 0 bridgehead atoms. The molecule has 0 radical (unpaired) electrons. The lowest BCUT2D eigenvalue weighted by molar-refractivity contribution is 0.0601. The van der Waals surface area contributed by atoms with E-state index >= 15 is 0 Å². The molecule has 9 nitrogen and oxygen atoms in total. The summed E-state index contributed by atoms with van der Waals surface area (Å²) in [6.45, 7) is 3.68. The van der Waals surface area contributed by atoms with Crippen LogP contribution in [0.2, 0.25) is 0 Å². The van der Waals surface area contributed by atoms with Gasteiger partial charge in [-0.15, -0.1) is 5.10 Å². The molecule has 1 N–H and O–H groups in total. The molecule has 0 spiro atoms. The number of aryl methyl sites for hydroxylation is 2. The Morgan fingerprint density at radius 3 is 2.68 bits per heavy atom. The van der Waals surface area contributed by atoms with Crippen LogP contribution in [0.5, 0.6) is 0 Å². The van der Waals surface area contributed by atoms with Gasteiger partial charge in [0.15, 0.2) is 5.82 Å². The number of hydrogen-bond acceptors (Lipinski definition) is 7. The maximum Gasteiger partial charge on any atom is 0.340 e. The molecule has 130 valence electrons. The molecule has 0 aromatic carbocycles. The van der Waals surface area contributed by atoms with Gasteiger partial charge in [0, 0.05) is 18.7 Å². The minimum atomic E-state index is -0.535. The van der Waals surface area contributed by atoms with Crippen LogP contribution < -0.4 is 5.56 Å². The highest BCUT2D eigenvalue weighted by molar-refractivity contribution is 6.05. The first-order valence-corrected chi connectivity index (χ1v) is 7.49. The Morgan fingerprint density at radius 1 is 1.24 bits per heavy atom. The second kappa shape index (κ2) is 6.44. The topological polar surface area (TPSA) is 112 Å². The lowest BCUT2D eigenvalue weighted by Gasteiger charge is -2.11. The van der Waals surface area contributed by atoms with E-state index in [-0.39, 0.29) is 23.7 Å². The van der Waals surface area contributed by atoms with Gasteiger partial charge in [0.25, 0.3) is 11.5 Å². The molecule has 0 unspecified atom stereocenters. The summed E-state index contributed by atoms with van der Waals surface area (Å²) in [7, 11) is 2.83. The van der Waals surface area contributed by atoms with Gasteiger partial charge >= 0.3 is 5.97 Å². The third-order valence-electron chi connectivity index (χ3n) is 3.83. The summed E-state index contributed by atoms with van der Waals surface area (Å²) < 4.78 is 11.1. The lowest BCUT2D eigenvalue weighted by Crippen LogP contribution is -2.21. The molecule has 0 saturated heterocycles. The summed E-state index contributed by atoms with van der Waals surface area (Å²) in [5.41, 5.74) is 0.944. The molecular weight excluding hydrogens is 326 g/mol. The number of esters is 1.